The van der Waals surface area contributed by atoms with Gasteiger partial charge in [0, 0.05) is 6.42 Å². The van der Waals surface area contributed by atoms with Gasteiger partial charge in [-0.1, -0.05) is 70.4 Å². The number of carbonyl (C=O) groups excluding carboxylic acids is 4. The molecule has 0 spiro atoms. The number of rotatable bonds is 35. The Morgan fingerprint density at radius 1 is 0.529 bits per heavy atom. The van der Waals surface area contributed by atoms with Crippen LogP contribution in [-0.4, -0.2) is 79.0 Å². The fourth-order valence-electron chi connectivity index (χ4n) is 5.69. The molecule has 0 unspecified atom stereocenters. The summed E-state index contributed by atoms with van der Waals surface area (Å²) in [6, 6.07) is -3.09. The third-order valence-electron chi connectivity index (χ3n) is 8.85. The fourth-order valence-corrected chi connectivity index (χ4v) is 5.69. The number of aliphatic carboxylic acids is 1. The number of carbonyl (C=O) groups is 5. The lowest BCUT2D eigenvalue weighted by Gasteiger charge is -2.25. The molecule has 0 saturated carbocycles. The van der Waals surface area contributed by atoms with E-state index in [0.717, 1.165) is 38.5 Å². The Morgan fingerprint density at radius 2 is 0.961 bits per heavy atom. The molecule has 0 aliphatic carbocycles. The van der Waals surface area contributed by atoms with Crippen molar-refractivity contribution in [1.29, 1.82) is 0 Å². The van der Waals surface area contributed by atoms with E-state index in [1.54, 1.807) is 0 Å². The molecule has 0 aromatic carbocycles. The summed E-state index contributed by atoms with van der Waals surface area (Å²) in [5.74, 6) is -3.09. The van der Waals surface area contributed by atoms with Crippen molar-refractivity contribution in [2.45, 2.75) is 173 Å². The van der Waals surface area contributed by atoms with Crippen molar-refractivity contribution in [2.24, 2.45) is 17.2 Å². The van der Waals surface area contributed by atoms with Crippen LogP contribution >= 0.6 is 0 Å². The van der Waals surface area contributed by atoms with Gasteiger partial charge in [0.05, 0.1) is 6.54 Å². The fraction of sp³-hybridized carbons (Fsp3) is 0.816. The number of nitrogens with one attached hydrogen (secondary N) is 4. The molecule has 0 aromatic rings. The third kappa shape index (κ3) is 28.3. The van der Waals surface area contributed by atoms with Gasteiger partial charge in [-0.25, -0.2) is 4.79 Å². The number of unbranched alkanes of at least 4 members (excludes halogenated alkanes) is 14. The molecule has 51 heavy (non-hydrogen) atoms. The number of hydrogen-bond donors (Lipinski definition) is 8. The summed E-state index contributed by atoms with van der Waals surface area (Å²) in [4.78, 5) is 63.5. The zero-order valence-corrected chi connectivity index (χ0v) is 31.7. The topological polar surface area (TPSA) is 232 Å². The Hall–Kier alpha value is -3.03. The maximum Gasteiger partial charge on any atom is 0.326 e. The normalized spacial score (nSPS) is 13.0. The first-order valence-electron chi connectivity index (χ1n) is 19.8. The number of allylic oxidation sites excluding steroid dienone is 2. The van der Waals surface area contributed by atoms with Crippen molar-refractivity contribution >= 4 is 29.6 Å². The van der Waals surface area contributed by atoms with Crippen LogP contribution in [0, 0.1) is 0 Å². The summed E-state index contributed by atoms with van der Waals surface area (Å²) < 4.78 is 0. The molecular formula is C38H73N7O6. The van der Waals surface area contributed by atoms with Crippen LogP contribution in [0.3, 0.4) is 0 Å². The maximum absolute atomic E-state index is 13.4. The van der Waals surface area contributed by atoms with Gasteiger partial charge in [-0.05, 0) is 110 Å². The van der Waals surface area contributed by atoms with Crippen molar-refractivity contribution in [2.75, 3.05) is 26.2 Å². The van der Waals surface area contributed by atoms with Crippen molar-refractivity contribution in [3.8, 4) is 0 Å². The van der Waals surface area contributed by atoms with E-state index in [1.165, 1.54) is 44.9 Å². The molecule has 0 fully saturated rings. The van der Waals surface area contributed by atoms with Gasteiger partial charge in [0.1, 0.15) is 18.1 Å². The molecule has 0 aliphatic rings. The van der Waals surface area contributed by atoms with Gasteiger partial charge in [-0.3, -0.25) is 19.2 Å². The molecule has 11 N–H and O–H groups in total. The second-order valence-corrected chi connectivity index (χ2v) is 13.5. The summed E-state index contributed by atoms with van der Waals surface area (Å²) >= 11 is 0. The molecule has 0 rings (SSSR count). The van der Waals surface area contributed by atoms with Crippen molar-refractivity contribution in [1.82, 2.24) is 21.3 Å². The largest absolute Gasteiger partial charge is 0.480 e. The summed E-state index contributed by atoms with van der Waals surface area (Å²) in [6.45, 7) is 3.20. The molecule has 4 amide bonds. The predicted molar refractivity (Wildman–Crippen MR) is 205 cm³/mol. The molecule has 0 heterocycles. The van der Waals surface area contributed by atoms with Gasteiger partial charge >= 0.3 is 5.97 Å². The summed E-state index contributed by atoms with van der Waals surface area (Å²) in [7, 11) is 0. The lowest BCUT2D eigenvalue weighted by molar-refractivity contribution is -0.142. The number of carboxylic acids is 1. The number of hydrogen-bond acceptors (Lipinski definition) is 8. The molecule has 0 saturated heterocycles. The third-order valence-corrected chi connectivity index (χ3v) is 8.85. The van der Waals surface area contributed by atoms with E-state index < -0.39 is 41.8 Å². The Labute approximate surface area is 307 Å². The van der Waals surface area contributed by atoms with Gasteiger partial charge in [-0.2, -0.15) is 0 Å². The minimum atomic E-state index is -1.17. The van der Waals surface area contributed by atoms with Crippen molar-refractivity contribution < 1.29 is 29.1 Å². The first-order chi connectivity index (χ1) is 24.7. The average Bonchev–Trinajstić information content (AvgIpc) is 3.11. The van der Waals surface area contributed by atoms with E-state index >= 15 is 0 Å². The molecular weight excluding hydrogens is 650 g/mol. The molecule has 13 heteroatoms. The number of nitrogens with two attached hydrogens (primary N) is 3. The van der Waals surface area contributed by atoms with Crippen LogP contribution in [0.2, 0.25) is 0 Å². The highest BCUT2D eigenvalue weighted by atomic mass is 16.4. The minimum Gasteiger partial charge on any atom is -0.480 e. The molecule has 13 nitrogen and oxygen atoms in total. The summed E-state index contributed by atoms with van der Waals surface area (Å²) in [6.07, 6.45) is 24.4. The SMILES string of the molecule is CCCCCCCC/C=C\CCCCCCCC(=O)NCC(=O)N[C@@H](CCCCN)C(=O)N[C@@H](CCCCN)C(=O)N[C@@H](CCCCN)C(=O)O. The molecule has 3 atom stereocenters. The molecule has 0 radical (unpaired) electrons. The van der Waals surface area contributed by atoms with E-state index in [1.807, 2.05) is 0 Å². The van der Waals surface area contributed by atoms with E-state index in [-0.39, 0.29) is 31.7 Å². The van der Waals surface area contributed by atoms with Crippen molar-refractivity contribution in [3.05, 3.63) is 12.2 Å². The molecule has 0 aromatic heterocycles. The van der Waals surface area contributed by atoms with E-state index in [0.29, 0.717) is 64.6 Å². The molecule has 296 valence electrons. The highest BCUT2D eigenvalue weighted by Gasteiger charge is 2.29. The highest BCUT2D eigenvalue weighted by Crippen LogP contribution is 2.11. The van der Waals surface area contributed by atoms with E-state index in [2.05, 4.69) is 40.3 Å². The van der Waals surface area contributed by atoms with E-state index in [4.69, 9.17) is 17.2 Å². The van der Waals surface area contributed by atoms with Crippen LogP contribution in [0.25, 0.3) is 0 Å². The number of carboxylic acid groups (broad SMARTS) is 1. The van der Waals surface area contributed by atoms with Crippen LogP contribution < -0.4 is 38.5 Å². The lowest BCUT2D eigenvalue weighted by Crippen LogP contribution is -2.56. The standard InChI is InChI=1S/C38H73N7O6/c1-2-3-4-5-6-7-8-9-10-11-12-13-14-15-16-26-34(46)42-30-35(47)43-31(23-17-20-27-39)36(48)44-32(24-18-21-28-40)37(49)45-33(38(50)51)25-19-22-29-41/h9-10,31-33H,2-8,11-30,39-41H2,1H3,(H,42,46)(H,43,47)(H,44,48)(H,45,49)(H,50,51)/b10-9-/t31-,32-,33-/m0/s1. The van der Waals surface area contributed by atoms with Crippen LogP contribution in [0.5, 0.6) is 0 Å². The highest BCUT2D eigenvalue weighted by molar-refractivity contribution is 5.94. The zero-order valence-electron chi connectivity index (χ0n) is 31.7. The first-order valence-corrected chi connectivity index (χ1v) is 19.8. The summed E-state index contributed by atoms with van der Waals surface area (Å²) in [5, 5.41) is 20.2. The Bertz CT molecular complexity index is 965. The number of amides is 4. The predicted octanol–water partition coefficient (Wildman–Crippen LogP) is 4.07. The Balaban J connectivity index is 4.74. The Kier molecular flexibility index (Phi) is 32.1. The van der Waals surface area contributed by atoms with Gasteiger partial charge in [0.2, 0.25) is 23.6 Å². The van der Waals surface area contributed by atoms with Gasteiger partial charge in [-0.15, -0.1) is 0 Å². The maximum atomic E-state index is 13.4. The summed E-state index contributed by atoms with van der Waals surface area (Å²) in [5.41, 5.74) is 16.8. The first kappa shape index (κ1) is 48.0. The lowest BCUT2D eigenvalue weighted by atomic mass is 10.0. The van der Waals surface area contributed by atoms with Gasteiger partial charge < -0.3 is 43.6 Å². The second kappa shape index (κ2) is 34.1. The van der Waals surface area contributed by atoms with Crippen LogP contribution in [-0.2, 0) is 24.0 Å². The quantitative estimate of drug-likeness (QED) is 0.0347. The monoisotopic (exact) mass is 724 g/mol. The zero-order chi connectivity index (χ0) is 38.0. The Morgan fingerprint density at radius 3 is 1.45 bits per heavy atom. The van der Waals surface area contributed by atoms with E-state index in [9.17, 15) is 29.1 Å². The molecule has 0 aliphatic heterocycles. The molecule has 0 bridgehead atoms. The van der Waals surface area contributed by atoms with Crippen molar-refractivity contribution in [3.63, 3.8) is 0 Å². The van der Waals surface area contributed by atoms with Crippen LogP contribution in [0.15, 0.2) is 12.2 Å². The smallest absolute Gasteiger partial charge is 0.326 e. The van der Waals surface area contributed by atoms with Crippen LogP contribution in [0.4, 0.5) is 0 Å². The van der Waals surface area contributed by atoms with Gasteiger partial charge in [0.15, 0.2) is 0 Å². The van der Waals surface area contributed by atoms with Crippen LogP contribution in [0.1, 0.15) is 155 Å². The average molecular weight is 724 g/mol. The van der Waals surface area contributed by atoms with Gasteiger partial charge in [0.25, 0.3) is 0 Å². The minimum absolute atomic E-state index is 0.211. The second-order valence-electron chi connectivity index (χ2n) is 13.5.